The summed E-state index contributed by atoms with van der Waals surface area (Å²) in [6, 6.07) is 6.61. The minimum absolute atomic E-state index is 0.953. The van der Waals surface area contributed by atoms with Gasteiger partial charge in [0.25, 0.3) is 0 Å². The predicted octanol–water partition coefficient (Wildman–Crippen LogP) is 3.01. The van der Waals surface area contributed by atoms with Crippen LogP contribution in [0.5, 0.6) is 0 Å². The Morgan fingerprint density at radius 1 is 1.28 bits per heavy atom. The first-order valence-corrected chi connectivity index (χ1v) is 6.92. The van der Waals surface area contributed by atoms with Crippen molar-refractivity contribution in [2.45, 2.75) is 39.2 Å². The lowest BCUT2D eigenvalue weighted by Crippen LogP contribution is -2.10. The molecule has 0 aliphatic heterocycles. The van der Waals surface area contributed by atoms with Gasteiger partial charge in [-0.2, -0.15) is 0 Å². The summed E-state index contributed by atoms with van der Waals surface area (Å²) in [5, 5.41) is 4.67. The second kappa shape index (κ2) is 4.69. The van der Waals surface area contributed by atoms with Crippen LogP contribution in [0.25, 0.3) is 10.9 Å². The third-order valence-electron chi connectivity index (χ3n) is 3.98. The van der Waals surface area contributed by atoms with E-state index in [0.717, 1.165) is 19.4 Å². The summed E-state index contributed by atoms with van der Waals surface area (Å²) >= 11 is 0. The molecule has 1 aromatic carbocycles. The van der Waals surface area contributed by atoms with Crippen LogP contribution >= 0.6 is 0 Å². The van der Waals surface area contributed by atoms with Crippen molar-refractivity contribution < 1.29 is 0 Å². The lowest BCUT2D eigenvalue weighted by Gasteiger charge is -2.14. The Hall–Kier alpha value is -1.41. The molecule has 2 nitrogen and oxygen atoms in total. The number of rotatable bonds is 3. The molecule has 1 heterocycles. The largest absolute Gasteiger partial charge is 0.316 e. The fraction of sp³-hybridized carbons (Fsp3) is 0.438. The van der Waals surface area contributed by atoms with Gasteiger partial charge in [-0.15, -0.1) is 0 Å². The third kappa shape index (κ3) is 1.72. The Labute approximate surface area is 108 Å². The molecule has 1 aliphatic carbocycles. The average Bonchev–Trinajstić information content (AvgIpc) is 2.86. The first-order valence-electron chi connectivity index (χ1n) is 6.92. The number of nitrogens with zero attached hydrogens (tertiary/aromatic N) is 1. The average molecular weight is 240 g/mol. The lowest BCUT2D eigenvalue weighted by molar-refractivity contribution is 0.809. The molecule has 0 unspecified atom stereocenters. The van der Waals surface area contributed by atoms with E-state index < -0.39 is 0 Å². The Morgan fingerprint density at radius 2 is 2.17 bits per heavy atom. The molecule has 0 radical (unpaired) electrons. The SMILES string of the molecule is CCc1cccc2c(CNC)c3c(nc12)CCC3. The van der Waals surface area contributed by atoms with Gasteiger partial charge in [-0.25, -0.2) is 0 Å². The summed E-state index contributed by atoms with van der Waals surface area (Å²) in [7, 11) is 2.03. The van der Waals surface area contributed by atoms with E-state index in [1.54, 1.807) is 0 Å². The van der Waals surface area contributed by atoms with E-state index in [9.17, 15) is 0 Å². The van der Waals surface area contributed by atoms with Crippen molar-refractivity contribution in [3.63, 3.8) is 0 Å². The van der Waals surface area contributed by atoms with Gasteiger partial charge in [-0.05, 0) is 49.4 Å². The Bertz CT molecular complexity index is 587. The van der Waals surface area contributed by atoms with Crippen LogP contribution in [0, 0.1) is 0 Å². The molecule has 0 saturated carbocycles. The van der Waals surface area contributed by atoms with E-state index in [0.29, 0.717) is 0 Å². The summed E-state index contributed by atoms with van der Waals surface area (Å²) in [5.41, 5.74) is 6.93. The van der Waals surface area contributed by atoms with E-state index in [1.807, 2.05) is 7.05 Å². The Balaban J connectivity index is 2.33. The number of pyridine rings is 1. The summed E-state index contributed by atoms with van der Waals surface area (Å²) in [6.07, 6.45) is 4.67. The molecule has 1 N–H and O–H groups in total. The maximum atomic E-state index is 4.94. The van der Waals surface area contributed by atoms with E-state index in [1.165, 1.54) is 46.1 Å². The summed E-state index contributed by atoms with van der Waals surface area (Å²) in [6.45, 7) is 3.16. The van der Waals surface area contributed by atoms with Gasteiger partial charge in [0.05, 0.1) is 5.52 Å². The number of benzene rings is 1. The van der Waals surface area contributed by atoms with Crippen LogP contribution in [0.1, 0.15) is 35.7 Å². The van der Waals surface area contributed by atoms with E-state index in [4.69, 9.17) is 4.98 Å². The molecule has 0 atom stereocenters. The molecular formula is C16H20N2. The summed E-state index contributed by atoms with van der Waals surface area (Å²) in [5.74, 6) is 0. The molecule has 3 rings (SSSR count). The van der Waals surface area contributed by atoms with Crippen LogP contribution in [0.15, 0.2) is 18.2 Å². The van der Waals surface area contributed by atoms with Gasteiger partial charge >= 0.3 is 0 Å². The van der Waals surface area contributed by atoms with E-state index in [2.05, 4.69) is 30.4 Å². The van der Waals surface area contributed by atoms with Gasteiger partial charge in [0.1, 0.15) is 0 Å². The van der Waals surface area contributed by atoms with E-state index >= 15 is 0 Å². The fourth-order valence-electron chi connectivity index (χ4n) is 3.10. The van der Waals surface area contributed by atoms with E-state index in [-0.39, 0.29) is 0 Å². The van der Waals surface area contributed by atoms with Crippen LogP contribution in [0.4, 0.5) is 0 Å². The van der Waals surface area contributed by atoms with Gasteiger partial charge in [0, 0.05) is 17.6 Å². The highest BCUT2D eigenvalue weighted by molar-refractivity contribution is 5.86. The highest BCUT2D eigenvalue weighted by Crippen LogP contribution is 2.31. The van der Waals surface area contributed by atoms with Crippen LogP contribution in [0.3, 0.4) is 0 Å². The van der Waals surface area contributed by atoms with Crippen LogP contribution < -0.4 is 5.32 Å². The van der Waals surface area contributed by atoms with Crippen molar-refractivity contribution in [2.75, 3.05) is 7.05 Å². The first kappa shape index (κ1) is 11.7. The molecule has 2 heteroatoms. The number of aryl methyl sites for hydroxylation is 2. The van der Waals surface area contributed by atoms with Gasteiger partial charge < -0.3 is 5.32 Å². The molecule has 1 aliphatic rings. The maximum Gasteiger partial charge on any atom is 0.0740 e. The standard InChI is InChI=1S/C16H20N2/c1-3-11-6-4-8-13-14(10-17-2)12-7-5-9-15(12)18-16(11)13/h4,6,8,17H,3,5,7,9-10H2,1-2H3. The molecule has 1 aromatic heterocycles. The molecule has 18 heavy (non-hydrogen) atoms. The number of nitrogens with one attached hydrogen (secondary N) is 1. The van der Waals surface area contributed by atoms with Crippen molar-refractivity contribution >= 4 is 10.9 Å². The fourth-order valence-corrected chi connectivity index (χ4v) is 3.10. The number of hydrogen-bond donors (Lipinski definition) is 1. The molecule has 0 saturated heterocycles. The lowest BCUT2D eigenvalue weighted by atomic mass is 9.98. The van der Waals surface area contributed by atoms with Crippen molar-refractivity contribution in [3.8, 4) is 0 Å². The van der Waals surface area contributed by atoms with Crippen molar-refractivity contribution in [2.24, 2.45) is 0 Å². The summed E-state index contributed by atoms with van der Waals surface area (Å²) < 4.78 is 0. The maximum absolute atomic E-state index is 4.94. The van der Waals surface area contributed by atoms with Crippen molar-refractivity contribution in [1.29, 1.82) is 0 Å². The van der Waals surface area contributed by atoms with Crippen LogP contribution in [-0.2, 0) is 25.8 Å². The molecule has 0 bridgehead atoms. The smallest absolute Gasteiger partial charge is 0.0740 e. The van der Waals surface area contributed by atoms with Gasteiger partial charge in [0.15, 0.2) is 0 Å². The van der Waals surface area contributed by atoms with Crippen LogP contribution in [-0.4, -0.2) is 12.0 Å². The zero-order valence-electron chi connectivity index (χ0n) is 11.2. The molecule has 2 aromatic rings. The highest BCUT2D eigenvalue weighted by Gasteiger charge is 2.19. The number of aromatic nitrogens is 1. The summed E-state index contributed by atoms with van der Waals surface area (Å²) in [4.78, 5) is 4.94. The molecule has 94 valence electrons. The Morgan fingerprint density at radius 3 is 2.94 bits per heavy atom. The quantitative estimate of drug-likeness (QED) is 0.892. The van der Waals surface area contributed by atoms with Crippen LogP contribution in [0.2, 0.25) is 0 Å². The topological polar surface area (TPSA) is 24.9 Å². The monoisotopic (exact) mass is 240 g/mol. The predicted molar refractivity (Wildman–Crippen MR) is 75.9 cm³/mol. The normalized spacial score (nSPS) is 14.1. The minimum atomic E-state index is 0.953. The number of hydrogen-bond acceptors (Lipinski definition) is 2. The first-order chi connectivity index (χ1) is 8.85. The van der Waals surface area contributed by atoms with Crippen molar-refractivity contribution in [3.05, 3.63) is 40.6 Å². The number of fused-ring (bicyclic) bond motifs is 2. The zero-order valence-corrected chi connectivity index (χ0v) is 11.2. The second-order valence-electron chi connectivity index (χ2n) is 5.07. The third-order valence-corrected chi connectivity index (χ3v) is 3.98. The molecule has 0 fully saturated rings. The van der Waals surface area contributed by atoms with Gasteiger partial charge in [-0.1, -0.05) is 25.1 Å². The molecule has 0 amide bonds. The second-order valence-corrected chi connectivity index (χ2v) is 5.07. The van der Waals surface area contributed by atoms with Gasteiger partial charge in [-0.3, -0.25) is 4.98 Å². The van der Waals surface area contributed by atoms with Crippen molar-refractivity contribution in [1.82, 2.24) is 10.3 Å². The minimum Gasteiger partial charge on any atom is -0.316 e. The molecule has 0 spiro atoms. The Kier molecular flexibility index (Phi) is 3.04. The molecular weight excluding hydrogens is 220 g/mol. The zero-order chi connectivity index (χ0) is 12.5. The van der Waals surface area contributed by atoms with Gasteiger partial charge in [0.2, 0.25) is 0 Å². The highest BCUT2D eigenvalue weighted by atomic mass is 14.8. The number of para-hydroxylation sites is 1.